The summed E-state index contributed by atoms with van der Waals surface area (Å²) in [7, 11) is 0. The van der Waals surface area contributed by atoms with E-state index in [2.05, 4.69) is 27.9 Å². The van der Waals surface area contributed by atoms with Crippen LogP contribution < -0.4 is 5.32 Å². The quantitative estimate of drug-likeness (QED) is 0.835. The number of hydrogen-bond acceptors (Lipinski definition) is 3. The fourth-order valence-electron chi connectivity index (χ4n) is 1.72. The summed E-state index contributed by atoms with van der Waals surface area (Å²) in [4.78, 5) is 0. The molecule has 2 rings (SSSR count). The van der Waals surface area contributed by atoms with Gasteiger partial charge in [-0.1, -0.05) is 0 Å². The van der Waals surface area contributed by atoms with E-state index in [1.165, 1.54) is 6.42 Å². The number of nitrogens with one attached hydrogen (secondary N) is 1. The first kappa shape index (κ1) is 10.4. The molecule has 0 unspecified atom stereocenters. The van der Waals surface area contributed by atoms with Crippen LogP contribution in [0.25, 0.3) is 0 Å². The monoisotopic (exact) mass is 307 g/mol. The van der Waals surface area contributed by atoms with E-state index in [9.17, 15) is 5.11 Å². The van der Waals surface area contributed by atoms with E-state index in [0.717, 1.165) is 22.4 Å². The third kappa shape index (κ3) is 2.12. The van der Waals surface area contributed by atoms with Crippen LogP contribution in [0.4, 0.5) is 0 Å². The van der Waals surface area contributed by atoms with Crippen molar-refractivity contribution in [3.8, 4) is 0 Å². The van der Waals surface area contributed by atoms with Crippen LogP contribution in [-0.2, 0) is 6.54 Å². The van der Waals surface area contributed by atoms with Crippen molar-refractivity contribution in [3.63, 3.8) is 0 Å². The van der Waals surface area contributed by atoms with E-state index >= 15 is 0 Å². The van der Waals surface area contributed by atoms with Gasteiger partial charge >= 0.3 is 0 Å². The zero-order valence-electron chi connectivity index (χ0n) is 7.92. The van der Waals surface area contributed by atoms with Gasteiger partial charge in [-0.05, 0) is 54.0 Å². The predicted octanol–water partition coefficient (Wildman–Crippen LogP) is 1.89. The zero-order valence-corrected chi connectivity index (χ0v) is 10.1. The van der Waals surface area contributed by atoms with Gasteiger partial charge in [-0.15, -0.1) is 0 Å². The molecule has 0 atom stereocenters. The first-order chi connectivity index (χ1) is 6.74. The van der Waals surface area contributed by atoms with Crippen molar-refractivity contribution in [1.29, 1.82) is 0 Å². The minimum atomic E-state index is -0.0295. The highest BCUT2D eigenvalue weighted by molar-refractivity contribution is 14.1. The van der Waals surface area contributed by atoms with Crippen molar-refractivity contribution in [2.75, 3.05) is 6.61 Å². The molecule has 0 amide bonds. The van der Waals surface area contributed by atoms with Crippen molar-refractivity contribution in [2.45, 2.75) is 31.3 Å². The Bertz CT molecular complexity index is 301. The summed E-state index contributed by atoms with van der Waals surface area (Å²) < 4.78 is 6.34. The van der Waals surface area contributed by atoms with Gasteiger partial charge in [0.25, 0.3) is 0 Å². The molecule has 1 aromatic heterocycles. The van der Waals surface area contributed by atoms with Gasteiger partial charge in [0.05, 0.1) is 13.2 Å². The van der Waals surface area contributed by atoms with Crippen molar-refractivity contribution < 1.29 is 9.52 Å². The van der Waals surface area contributed by atoms with Crippen molar-refractivity contribution in [3.05, 3.63) is 21.7 Å². The topological polar surface area (TPSA) is 45.4 Å². The van der Waals surface area contributed by atoms with Gasteiger partial charge in [0.1, 0.15) is 5.76 Å². The van der Waals surface area contributed by atoms with E-state index in [4.69, 9.17) is 4.42 Å². The maximum absolute atomic E-state index is 9.23. The predicted molar refractivity (Wildman–Crippen MR) is 61.9 cm³/mol. The summed E-state index contributed by atoms with van der Waals surface area (Å²) in [6.07, 6.45) is 3.35. The summed E-state index contributed by atoms with van der Waals surface area (Å²) in [5.41, 5.74) is -0.0295. The van der Waals surface area contributed by atoms with Crippen molar-refractivity contribution in [1.82, 2.24) is 5.32 Å². The molecule has 1 fully saturated rings. The smallest absolute Gasteiger partial charge is 0.164 e. The van der Waals surface area contributed by atoms with Gasteiger partial charge in [0, 0.05) is 5.54 Å². The summed E-state index contributed by atoms with van der Waals surface area (Å²) in [5.74, 6) is 0.939. The zero-order chi connectivity index (χ0) is 10.0. The van der Waals surface area contributed by atoms with Crippen LogP contribution in [0, 0.1) is 3.77 Å². The van der Waals surface area contributed by atoms with E-state index in [-0.39, 0.29) is 12.1 Å². The molecule has 3 nitrogen and oxygen atoms in total. The number of rotatable bonds is 4. The van der Waals surface area contributed by atoms with Gasteiger partial charge < -0.3 is 14.8 Å². The molecule has 0 aromatic carbocycles. The maximum atomic E-state index is 9.23. The first-order valence-corrected chi connectivity index (χ1v) is 5.92. The lowest BCUT2D eigenvalue weighted by atomic mass is 9.77. The van der Waals surface area contributed by atoms with Crippen LogP contribution in [0.2, 0.25) is 0 Å². The Labute approximate surface area is 97.0 Å². The molecular weight excluding hydrogens is 293 g/mol. The van der Waals surface area contributed by atoms with Gasteiger partial charge in [0.2, 0.25) is 0 Å². The Morgan fingerprint density at radius 3 is 2.71 bits per heavy atom. The van der Waals surface area contributed by atoms with Crippen LogP contribution >= 0.6 is 22.6 Å². The lowest BCUT2D eigenvalue weighted by molar-refractivity contribution is 0.0851. The Balaban J connectivity index is 1.87. The van der Waals surface area contributed by atoms with Crippen molar-refractivity contribution >= 4 is 22.6 Å². The van der Waals surface area contributed by atoms with Crippen molar-refractivity contribution in [2.24, 2.45) is 0 Å². The fraction of sp³-hybridized carbons (Fsp3) is 0.600. The van der Waals surface area contributed by atoms with E-state index in [0.29, 0.717) is 6.54 Å². The van der Waals surface area contributed by atoms with Crippen LogP contribution in [0.1, 0.15) is 25.0 Å². The molecular formula is C10H14INO2. The highest BCUT2D eigenvalue weighted by Crippen LogP contribution is 2.31. The molecule has 1 heterocycles. The van der Waals surface area contributed by atoms with Gasteiger partial charge in [-0.3, -0.25) is 0 Å². The molecule has 1 saturated carbocycles. The maximum Gasteiger partial charge on any atom is 0.164 e. The average molecular weight is 307 g/mol. The lowest BCUT2D eigenvalue weighted by Gasteiger charge is -2.41. The van der Waals surface area contributed by atoms with Gasteiger partial charge in [-0.2, -0.15) is 0 Å². The molecule has 1 aromatic rings. The first-order valence-electron chi connectivity index (χ1n) is 4.84. The second kappa shape index (κ2) is 4.20. The number of furan rings is 1. The molecule has 0 spiro atoms. The van der Waals surface area contributed by atoms with Gasteiger partial charge in [0.15, 0.2) is 3.77 Å². The van der Waals surface area contributed by atoms with E-state index in [1.807, 2.05) is 12.1 Å². The summed E-state index contributed by atoms with van der Waals surface area (Å²) >= 11 is 2.15. The second-order valence-corrected chi connectivity index (χ2v) is 4.91. The third-order valence-electron chi connectivity index (χ3n) is 2.88. The molecule has 0 aliphatic heterocycles. The van der Waals surface area contributed by atoms with Crippen LogP contribution in [-0.4, -0.2) is 17.3 Å². The number of aliphatic hydroxyl groups excluding tert-OH is 1. The molecule has 78 valence electrons. The lowest BCUT2D eigenvalue weighted by Crippen LogP contribution is -2.53. The second-order valence-electron chi connectivity index (χ2n) is 3.85. The van der Waals surface area contributed by atoms with E-state index < -0.39 is 0 Å². The Hall–Kier alpha value is -0.0700. The number of aliphatic hydroxyl groups is 1. The number of halogens is 1. The van der Waals surface area contributed by atoms with Crippen LogP contribution in [0.15, 0.2) is 16.5 Å². The number of hydrogen-bond donors (Lipinski definition) is 2. The molecule has 1 aliphatic carbocycles. The molecule has 4 heteroatoms. The van der Waals surface area contributed by atoms with Gasteiger partial charge in [-0.25, -0.2) is 0 Å². The van der Waals surface area contributed by atoms with Crippen LogP contribution in [0.3, 0.4) is 0 Å². The minimum Gasteiger partial charge on any atom is -0.454 e. The molecule has 0 radical (unpaired) electrons. The highest BCUT2D eigenvalue weighted by Gasteiger charge is 2.35. The molecule has 2 N–H and O–H groups in total. The summed E-state index contributed by atoms with van der Waals surface area (Å²) in [6, 6.07) is 3.92. The van der Waals surface area contributed by atoms with E-state index in [1.54, 1.807) is 0 Å². The molecule has 0 bridgehead atoms. The SMILES string of the molecule is OCC1(NCc2ccc(I)o2)CCC1. The fourth-order valence-corrected chi connectivity index (χ4v) is 2.18. The van der Waals surface area contributed by atoms with Crippen LogP contribution in [0.5, 0.6) is 0 Å². The Morgan fingerprint density at radius 1 is 1.50 bits per heavy atom. The Kier molecular flexibility index (Phi) is 3.14. The minimum absolute atomic E-state index is 0.0295. The normalized spacial score (nSPS) is 19.3. The molecule has 14 heavy (non-hydrogen) atoms. The largest absolute Gasteiger partial charge is 0.454 e. The average Bonchev–Trinajstić information content (AvgIpc) is 2.50. The molecule has 1 aliphatic rings. The standard InChI is InChI=1S/C10H14INO2/c11-9-3-2-8(14-9)6-12-10(7-13)4-1-5-10/h2-3,12-13H,1,4-7H2. The highest BCUT2D eigenvalue weighted by atomic mass is 127. The Morgan fingerprint density at radius 2 is 2.29 bits per heavy atom. The summed E-state index contributed by atoms with van der Waals surface area (Å²) in [5, 5.41) is 12.6. The summed E-state index contributed by atoms with van der Waals surface area (Å²) in [6.45, 7) is 0.939. The molecule has 0 saturated heterocycles. The third-order valence-corrected chi connectivity index (χ3v) is 3.46.